The molecule has 1 heterocycles. The van der Waals surface area contributed by atoms with Gasteiger partial charge in [0.15, 0.2) is 5.96 Å². The van der Waals surface area contributed by atoms with Crippen LogP contribution in [-0.4, -0.2) is 49.1 Å². The third-order valence-corrected chi connectivity index (χ3v) is 1.33. The van der Waals surface area contributed by atoms with Crippen molar-refractivity contribution in [3.8, 4) is 0 Å². The van der Waals surface area contributed by atoms with Gasteiger partial charge in [-0.3, -0.25) is 15.0 Å². The van der Waals surface area contributed by atoms with E-state index < -0.39 is 24.2 Å². The van der Waals surface area contributed by atoms with E-state index in [-0.39, 0.29) is 54.4 Å². The number of ether oxygens (including phenoxy) is 1. The number of carbonyl (C=O) groups is 3. The molecule has 0 aromatic rings. The van der Waals surface area contributed by atoms with E-state index in [4.69, 9.17) is 11.1 Å². The van der Waals surface area contributed by atoms with Gasteiger partial charge in [-0.2, -0.15) is 4.99 Å². The monoisotopic (exact) mass is 343 g/mol. The Bertz CT molecular complexity index is 470. The third-order valence-electron chi connectivity index (χ3n) is 1.33. The molecular formula is C10H14F2N6NaO4+. The molecule has 0 saturated heterocycles. The van der Waals surface area contributed by atoms with Gasteiger partial charge in [0, 0.05) is 6.29 Å². The fourth-order valence-electron chi connectivity index (χ4n) is 0.619. The maximum atomic E-state index is 12.1. The normalized spacial score (nSPS) is 14.4. The van der Waals surface area contributed by atoms with Crippen molar-refractivity contribution in [1.82, 2.24) is 0 Å². The molecule has 0 radical (unpaired) electrons. The molecule has 1 atom stereocenters. The van der Waals surface area contributed by atoms with Gasteiger partial charge in [0.05, 0.1) is 6.21 Å². The number of hydrogen-bond acceptors (Lipinski definition) is 7. The van der Waals surface area contributed by atoms with Crippen molar-refractivity contribution in [3.05, 3.63) is 13.1 Å². The van der Waals surface area contributed by atoms with Crippen molar-refractivity contribution in [2.75, 3.05) is 6.61 Å². The number of rotatable bonds is 3. The number of nitrogens with two attached hydrogens (primary N) is 3. The number of amides is 1. The zero-order valence-corrected chi connectivity index (χ0v) is 14.2. The Morgan fingerprint density at radius 3 is 2.35 bits per heavy atom. The maximum Gasteiger partial charge on any atom is 1.00 e. The van der Waals surface area contributed by atoms with E-state index in [9.17, 15) is 23.2 Å². The molecule has 23 heavy (non-hydrogen) atoms. The summed E-state index contributed by atoms with van der Waals surface area (Å²) in [4.78, 5) is 36.1. The summed E-state index contributed by atoms with van der Waals surface area (Å²) < 4.78 is 27.8. The van der Waals surface area contributed by atoms with Crippen LogP contribution in [0.5, 0.6) is 0 Å². The second-order valence-electron chi connectivity index (χ2n) is 3.05. The fraction of sp³-hybridized carbons (Fsp3) is 0.200. The SMILES string of the molecule is N=C(N)N.NC1=NC(=O)C(F)C=N1.[CH2+]COC(=O)[C-](F)C=O.[Na+]. The molecule has 7 N–H and O–H groups in total. The van der Waals surface area contributed by atoms with E-state index in [1.807, 2.05) is 0 Å². The van der Waals surface area contributed by atoms with Gasteiger partial charge >= 0.3 is 29.6 Å². The van der Waals surface area contributed by atoms with Gasteiger partial charge in [-0.25, -0.2) is 9.38 Å². The number of alkyl halides is 1. The minimum absolute atomic E-state index is 0. The zero-order chi connectivity index (χ0) is 17.7. The van der Waals surface area contributed by atoms with Gasteiger partial charge < -0.3 is 31.1 Å². The molecule has 1 amide bonds. The topological polar surface area (TPSA) is 187 Å². The Morgan fingerprint density at radius 1 is 1.57 bits per heavy atom. The van der Waals surface area contributed by atoms with Crippen LogP contribution in [-0.2, 0) is 19.1 Å². The molecular weight excluding hydrogens is 329 g/mol. The summed E-state index contributed by atoms with van der Waals surface area (Å²) in [7, 11) is 0. The molecule has 0 saturated carbocycles. The molecule has 0 bridgehead atoms. The number of aliphatic imine (C=N–C) groups is 2. The molecule has 10 nitrogen and oxygen atoms in total. The summed E-state index contributed by atoms with van der Waals surface area (Å²) in [6, 6.07) is 0. The average molecular weight is 343 g/mol. The van der Waals surface area contributed by atoms with Gasteiger partial charge in [-0.1, -0.05) is 6.17 Å². The predicted molar refractivity (Wildman–Crippen MR) is 72.8 cm³/mol. The van der Waals surface area contributed by atoms with Crippen LogP contribution < -0.4 is 46.8 Å². The number of esters is 1. The third kappa shape index (κ3) is 16.0. The minimum Gasteiger partial charge on any atom is -0.445 e. The number of guanidine groups is 2. The number of nitrogens with zero attached hydrogens (tertiary/aromatic N) is 2. The Kier molecular flexibility index (Phi) is 16.5. The van der Waals surface area contributed by atoms with Gasteiger partial charge in [0.1, 0.15) is 6.92 Å². The molecule has 122 valence electrons. The number of aldehydes is 1. The first-order valence-corrected chi connectivity index (χ1v) is 5.25. The standard InChI is InChI=1S/C5H5FO3.C4H4FN3O.CH5N3.Na/c1-2-9-5(8)4(6)3-7;5-2-1-7-4(6)8-3(2)9;2-1(3)4;/h3H,1-2H2;1-2H,(H2,6,8,9);(H5,2,3,4);/q;;;+1. The summed E-state index contributed by atoms with van der Waals surface area (Å²) in [5, 5.41) is 6.06. The first kappa shape index (κ1) is 25.8. The molecule has 1 aliphatic rings. The van der Waals surface area contributed by atoms with Crippen LogP contribution in [0.2, 0.25) is 0 Å². The van der Waals surface area contributed by atoms with Crippen molar-refractivity contribution in [2.24, 2.45) is 27.2 Å². The quantitative estimate of drug-likeness (QED) is 0.0752. The minimum atomic E-state index is -1.71. The Hall–Kier alpha value is -2.18. The van der Waals surface area contributed by atoms with Crippen LogP contribution in [0.25, 0.3) is 0 Å². The zero-order valence-electron chi connectivity index (χ0n) is 12.2. The Balaban J connectivity index is -0.000000274. The van der Waals surface area contributed by atoms with Crippen molar-refractivity contribution < 1.29 is 57.5 Å². The molecule has 0 aromatic carbocycles. The Morgan fingerprint density at radius 2 is 2.04 bits per heavy atom. The molecule has 13 heteroatoms. The number of halogens is 2. The van der Waals surface area contributed by atoms with Crippen molar-refractivity contribution in [2.45, 2.75) is 6.17 Å². The van der Waals surface area contributed by atoms with E-state index in [0.29, 0.717) is 0 Å². The second-order valence-corrected chi connectivity index (χ2v) is 3.05. The van der Waals surface area contributed by atoms with Crippen molar-refractivity contribution >= 4 is 36.3 Å². The summed E-state index contributed by atoms with van der Waals surface area (Å²) in [6.07, 6.45) is -2.53. The molecule has 1 aliphatic heterocycles. The van der Waals surface area contributed by atoms with Crippen molar-refractivity contribution in [1.29, 1.82) is 5.41 Å². The van der Waals surface area contributed by atoms with E-state index in [1.54, 1.807) is 0 Å². The smallest absolute Gasteiger partial charge is 0.445 e. The van der Waals surface area contributed by atoms with Gasteiger partial charge in [-0.05, 0) is 0 Å². The molecule has 0 spiro atoms. The van der Waals surface area contributed by atoms with Crippen LogP contribution >= 0.6 is 0 Å². The van der Waals surface area contributed by atoms with Crippen LogP contribution in [0, 0.1) is 18.5 Å². The number of carbonyl (C=O) groups excluding carboxylic acids is 3. The molecule has 1 unspecified atom stereocenters. The first-order chi connectivity index (χ1) is 10.1. The molecule has 0 aromatic heterocycles. The maximum absolute atomic E-state index is 12.1. The fourth-order valence-corrected chi connectivity index (χ4v) is 0.619. The summed E-state index contributed by atoms with van der Waals surface area (Å²) >= 11 is 0. The van der Waals surface area contributed by atoms with Gasteiger partial charge in [0.2, 0.25) is 24.7 Å². The largest absolute Gasteiger partial charge is 1.00 e. The first-order valence-electron chi connectivity index (χ1n) is 5.25. The summed E-state index contributed by atoms with van der Waals surface area (Å²) in [5.41, 5.74) is 13.9. The van der Waals surface area contributed by atoms with Crippen LogP contribution in [0.4, 0.5) is 8.78 Å². The molecule has 0 aliphatic carbocycles. The second kappa shape index (κ2) is 14.7. The van der Waals surface area contributed by atoms with Crippen molar-refractivity contribution in [3.63, 3.8) is 0 Å². The number of nitrogens with one attached hydrogen (secondary N) is 1. The van der Waals surface area contributed by atoms with Crippen LogP contribution in [0.15, 0.2) is 9.98 Å². The van der Waals surface area contributed by atoms with Gasteiger partial charge in [0.25, 0.3) is 5.91 Å². The summed E-state index contributed by atoms with van der Waals surface area (Å²) in [5.74, 6) is -2.67. The van der Waals surface area contributed by atoms with E-state index in [2.05, 4.69) is 33.1 Å². The van der Waals surface area contributed by atoms with E-state index in [1.165, 1.54) is 0 Å². The van der Waals surface area contributed by atoms with E-state index in [0.717, 1.165) is 6.21 Å². The van der Waals surface area contributed by atoms with Crippen LogP contribution in [0.1, 0.15) is 0 Å². The predicted octanol–water partition coefficient (Wildman–Crippen LogP) is -4.84. The van der Waals surface area contributed by atoms with E-state index >= 15 is 0 Å². The Labute approximate surface area is 152 Å². The average Bonchev–Trinajstić information content (AvgIpc) is 2.42. The van der Waals surface area contributed by atoms with Gasteiger partial charge in [-0.15, -0.1) is 0 Å². The molecule has 1 rings (SSSR count). The van der Waals surface area contributed by atoms with Crippen LogP contribution in [0.3, 0.4) is 0 Å². The summed E-state index contributed by atoms with van der Waals surface area (Å²) in [6.45, 7) is 2.92. The number of hydrogen-bond donors (Lipinski definition) is 4. The molecule has 0 fully saturated rings.